The van der Waals surface area contributed by atoms with E-state index in [0.29, 0.717) is 0 Å². The zero-order valence-corrected chi connectivity index (χ0v) is 12.5. The molecule has 0 saturated heterocycles. The first kappa shape index (κ1) is 12.8. The summed E-state index contributed by atoms with van der Waals surface area (Å²) in [7, 11) is 0. The maximum Gasteiger partial charge on any atom is 0.142 e. The summed E-state index contributed by atoms with van der Waals surface area (Å²) in [6.45, 7) is 7.57. The third kappa shape index (κ3) is 2.21. The molecular weight excluding hydrogens is 256 g/mol. The van der Waals surface area contributed by atoms with Crippen molar-refractivity contribution >= 4 is 11.3 Å². The highest BCUT2D eigenvalue weighted by atomic mass is 32.1. The molecule has 102 valence electrons. The third-order valence-electron chi connectivity index (χ3n) is 3.75. The number of aryl methyl sites for hydroxylation is 1. The standard InChI is InChI=1S/C14H20N4S/c1-4-18-8-16-7-11(18)13-17-10-6-14(2,3)5-9(15)12(10)19-13/h7-9H,4-6,15H2,1-3H3. The Morgan fingerprint density at radius 1 is 1.53 bits per heavy atom. The first-order valence-corrected chi connectivity index (χ1v) is 7.57. The third-order valence-corrected chi connectivity index (χ3v) is 5.01. The lowest BCUT2D eigenvalue weighted by atomic mass is 9.77. The Hall–Kier alpha value is -1.20. The van der Waals surface area contributed by atoms with Gasteiger partial charge >= 0.3 is 0 Å². The number of thiazole rings is 1. The lowest BCUT2D eigenvalue weighted by molar-refractivity contribution is 0.282. The number of aromatic nitrogens is 3. The van der Waals surface area contributed by atoms with Gasteiger partial charge in [0.15, 0.2) is 0 Å². The van der Waals surface area contributed by atoms with Crippen LogP contribution in [-0.4, -0.2) is 14.5 Å². The molecule has 0 bridgehead atoms. The van der Waals surface area contributed by atoms with Crippen LogP contribution in [0.3, 0.4) is 0 Å². The predicted octanol–water partition coefficient (Wildman–Crippen LogP) is 3.00. The van der Waals surface area contributed by atoms with Crippen molar-refractivity contribution in [1.29, 1.82) is 0 Å². The van der Waals surface area contributed by atoms with Gasteiger partial charge in [-0.25, -0.2) is 9.97 Å². The van der Waals surface area contributed by atoms with Gasteiger partial charge in [0.2, 0.25) is 0 Å². The van der Waals surface area contributed by atoms with E-state index < -0.39 is 0 Å². The summed E-state index contributed by atoms with van der Waals surface area (Å²) >= 11 is 1.73. The molecule has 0 amide bonds. The van der Waals surface area contributed by atoms with Gasteiger partial charge < -0.3 is 10.3 Å². The fourth-order valence-corrected chi connectivity index (χ4v) is 3.96. The second-order valence-corrected chi connectivity index (χ2v) is 7.08. The van der Waals surface area contributed by atoms with Gasteiger partial charge in [-0.05, 0) is 25.2 Å². The number of hydrogen-bond acceptors (Lipinski definition) is 4. The average Bonchev–Trinajstić information content (AvgIpc) is 2.91. The first-order valence-electron chi connectivity index (χ1n) is 6.76. The molecular formula is C14H20N4S. The van der Waals surface area contributed by atoms with E-state index in [-0.39, 0.29) is 11.5 Å². The quantitative estimate of drug-likeness (QED) is 0.917. The van der Waals surface area contributed by atoms with Crippen LogP contribution in [0.1, 0.15) is 43.8 Å². The van der Waals surface area contributed by atoms with Crippen LogP contribution in [0.5, 0.6) is 0 Å². The average molecular weight is 276 g/mol. The molecule has 0 spiro atoms. The summed E-state index contributed by atoms with van der Waals surface area (Å²) in [5.41, 5.74) is 8.85. The molecule has 1 aliphatic carbocycles. The second-order valence-electron chi connectivity index (χ2n) is 6.05. The number of imidazole rings is 1. The lowest BCUT2D eigenvalue weighted by Crippen LogP contribution is -2.28. The normalized spacial score (nSPS) is 21.4. The van der Waals surface area contributed by atoms with Gasteiger partial charge in [-0.2, -0.15) is 0 Å². The van der Waals surface area contributed by atoms with Crippen molar-refractivity contribution in [3.63, 3.8) is 0 Å². The summed E-state index contributed by atoms with van der Waals surface area (Å²) in [4.78, 5) is 10.3. The van der Waals surface area contributed by atoms with Crippen molar-refractivity contribution in [1.82, 2.24) is 14.5 Å². The predicted molar refractivity (Wildman–Crippen MR) is 78.0 cm³/mol. The SMILES string of the molecule is CCn1cncc1-c1nc2c(s1)C(N)CC(C)(C)C2. The maximum atomic E-state index is 6.31. The van der Waals surface area contributed by atoms with Crippen molar-refractivity contribution in [3.05, 3.63) is 23.1 Å². The molecule has 2 heterocycles. The largest absolute Gasteiger partial charge is 0.329 e. The Kier molecular flexibility index (Phi) is 2.98. The Balaban J connectivity index is 2.04. The van der Waals surface area contributed by atoms with Crippen molar-refractivity contribution in [2.45, 2.75) is 46.2 Å². The maximum absolute atomic E-state index is 6.31. The monoisotopic (exact) mass is 276 g/mol. The fraction of sp³-hybridized carbons (Fsp3) is 0.571. The van der Waals surface area contributed by atoms with E-state index in [1.165, 1.54) is 10.6 Å². The van der Waals surface area contributed by atoms with E-state index in [1.54, 1.807) is 11.3 Å². The van der Waals surface area contributed by atoms with Crippen molar-refractivity contribution in [2.24, 2.45) is 11.1 Å². The van der Waals surface area contributed by atoms with Crippen LogP contribution in [0.2, 0.25) is 0 Å². The van der Waals surface area contributed by atoms with Gasteiger partial charge in [0.25, 0.3) is 0 Å². The number of fused-ring (bicyclic) bond motifs is 1. The Morgan fingerprint density at radius 3 is 3.05 bits per heavy atom. The highest BCUT2D eigenvalue weighted by Crippen LogP contribution is 2.43. The van der Waals surface area contributed by atoms with Gasteiger partial charge in [-0.1, -0.05) is 13.8 Å². The summed E-state index contributed by atoms with van der Waals surface area (Å²) in [6.07, 6.45) is 5.81. The molecule has 4 nitrogen and oxygen atoms in total. The summed E-state index contributed by atoms with van der Waals surface area (Å²) in [5.74, 6) is 0. The molecule has 2 aromatic rings. The van der Waals surface area contributed by atoms with Crippen LogP contribution >= 0.6 is 11.3 Å². The topological polar surface area (TPSA) is 56.7 Å². The molecule has 1 unspecified atom stereocenters. The van der Waals surface area contributed by atoms with Crippen molar-refractivity contribution in [2.75, 3.05) is 0 Å². The van der Waals surface area contributed by atoms with Gasteiger partial charge in [-0.3, -0.25) is 0 Å². The van der Waals surface area contributed by atoms with Crippen LogP contribution in [0.4, 0.5) is 0 Å². The minimum absolute atomic E-state index is 0.128. The minimum Gasteiger partial charge on any atom is -0.329 e. The Morgan fingerprint density at radius 2 is 2.32 bits per heavy atom. The van der Waals surface area contributed by atoms with Gasteiger partial charge in [0, 0.05) is 17.5 Å². The molecule has 0 radical (unpaired) electrons. The Labute approximate surface area is 117 Å². The number of nitrogens with two attached hydrogens (primary N) is 1. The smallest absolute Gasteiger partial charge is 0.142 e. The van der Waals surface area contributed by atoms with Crippen LogP contribution < -0.4 is 5.73 Å². The summed E-state index contributed by atoms with van der Waals surface area (Å²) in [6, 6.07) is 0.128. The van der Waals surface area contributed by atoms with Crippen molar-refractivity contribution in [3.8, 4) is 10.7 Å². The van der Waals surface area contributed by atoms with Crippen LogP contribution in [0.25, 0.3) is 10.7 Å². The van der Waals surface area contributed by atoms with Gasteiger partial charge in [0.1, 0.15) is 5.01 Å². The van der Waals surface area contributed by atoms with E-state index >= 15 is 0 Å². The zero-order chi connectivity index (χ0) is 13.6. The van der Waals surface area contributed by atoms with Gasteiger partial charge in [-0.15, -0.1) is 11.3 Å². The van der Waals surface area contributed by atoms with E-state index in [1.807, 2.05) is 12.5 Å². The molecule has 3 rings (SSSR count). The van der Waals surface area contributed by atoms with E-state index in [0.717, 1.165) is 30.1 Å². The van der Waals surface area contributed by atoms with E-state index in [2.05, 4.69) is 30.3 Å². The molecule has 0 fully saturated rings. The Bertz CT molecular complexity index is 596. The highest BCUT2D eigenvalue weighted by Gasteiger charge is 2.33. The lowest BCUT2D eigenvalue weighted by Gasteiger charge is -2.32. The number of hydrogen-bond donors (Lipinski definition) is 1. The molecule has 5 heteroatoms. The van der Waals surface area contributed by atoms with Crippen LogP contribution in [0.15, 0.2) is 12.5 Å². The molecule has 1 aliphatic rings. The molecule has 0 saturated carbocycles. The second kappa shape index (κ2) is 4.42. The molecule has 2 aromatic heterocycles. The van der Waals surface area contributed by atoms with Crippen LogP contribution in [0, 0.1) is 5.41 Å². The molecule has 0 aliphatic heterocycles. The zero-order valence-electron chi connectivity index (χ0n) is 11.7. The van der Waals surface area contributed by atoms with Crippen molar-refractivity contribution < 1.29 is 0 Å². The first-order chi connectivity index (χ1) is 9.00. The van der Waals surface area contributed by atoms with E-state index in [9.17, 15) is 0 Å². The molecule has 1 atom stereocenters. The summed E-state index contributed by atoms with van der Waals surface area (Å²) in [5, 5.41) is 1.05. The highest BCUT2D eigenvalue weighted by molar-refractivity contribution is 7.15. The van der Waals surface area contributed by atoms with E-state index in [4.69, 9.17) is 10.7 Å². The number of nitrogens with zero attached hydrogens (tertiary/aromatic N) is 3. The molecule has 0 aromatic carbocycles. The fourth-order valence-electron chi connectivity index (χ4n) is 2.85. The minimum atomic E-state index is 0.128. The summed E-state index contributed by atoms with van der Waals surface area (Å²) < 4.78 is 2.13. The van der Waals surface area contributed by atoms with Gasteiger partial charge in [0.05, 0.1) is 23.9 Å². The van der Waals surface area contributed by atoms with Crippen LogP contribution in [-0.2, 0) is 13.0 Å². The molecule has 2 N–H and O–H groups in total. The molecule has 19 heavy (non-hydrogen) atoms. The number of rotatable bonds is 2.